The minimum absolute atomic E-state index is 0.0933. The van der Waals surface area contributed by atoms with Gasteiger partial charge in [0.2, 0.25) is 11.8 Å². The minimum Gasteiger partial charge on any atom is -0.479 e. The molecule has 0 amide bonds. The number of carbonyl (C=O) groups is 1. The van der Waals surface area contributed by atoms with Gasteiger partial charge in [-0.1, -0.05) is 37.2 Å². The lowest BCUT2D eigenvalue weighted by Gasteiger charge is -2.28. The smallest absolute Gasteiger partial charge is 0.459 e. The molecule has 6 atom stereocenters. The van der Waals surface area contributed by atoms with Crippen LogP contribution in [-0.2, 0) is 23.4 Å². The van der Waals surface area contributed by atoms with Crippen LogP contribution >= 0.6 is 7.75 Å². The van der Waals surface area contributed by atoms with E-state index in [9.17, 15) is 20.0 Å². The Hall–Kier alpha value is -3.98. The van der Waals surface area contributed by atoms with Crippen molar-refractivity contribution in [1.29, 1.82) is 0 Å². The molecule has 1 aliphatic rings. The van der Waals surface area contributed by atoms with Gasteiger partial charge in [0.15, 0.2) is 17.4 Å². The second-order valence-corrected chi connectivity index (χ2v) is 12.1. The fourth-order valence-corrected chi connectivity index (χ4v) is 5.85. The summed E-state index contributed by atoms with van der Waals surface area (Å²) in [5.74, 6) is -0.374. The highest BCUT2D eigenvalue weighted by molar-refractivity contribution is 7.52. The number of fused-ring (bicyclic) bond motifs is 1. The molecule has 18 heteroatoms. The van der Waals surface area contributed by atoms with Crippen LogP contribution in [-0.4, -0.2) is 74.7 Å². The average molecular weight is 620 g/mol. The van der Waals surface area contributed by atoms with Crippen LogP contribution in [0.3, 0.4) is 0 Å². The highest BCUT2D eigenvalue weighted by atomic mass is 31.2. The molecular weight excluding hydrogens is 585 g/mol. The third-order valence-electron chi connectivity index (χ3n) is 6.51. The van der Waals surface area contributed by atoms with E-state index in [1.165, 1.54) is 31.9 Å². The number of nitrogens with zero attached hydrogens (tertiary/aromatic N) is 7. The quantitative estimate of drug-likeness (QED) is 0.0821. The molecule has 1 aliphatic heterocycles. The first-order chi connectivity index (χ1) is 20.4. The Balaban J connectivity index is 1.60. The minimum atomic E-state index is -4.29. The lowest BCUT2D eigenvalue weighted by Crippen LogP contribution is -2.43. The number of azide groups is 1. The number of aliphatic hydroxyl groups is 1. The number of para-hydroxylation sites is 1. The van der Waals surface area contributed by atoms with Crippen molar-refractivity contribution in [2.75, 3.05) is 26.1 Å². The Kier molecular flexibility index (Phi) is 9.75. The summed E-state index contributed by atoms with van der Waals surface area (Å²) in [6.07, 6.45) is -2.48. The van der Waals surface area contributed by atoms with Crippen molar-refractivity contribution in [3.63, 3.8) is 0 Å². The van der Waals surface area contributed by atoms with Crippen molar-refractivity contribution in [1.82, 2.24) is 24.6 Å². The predicted molar refractivity (Wildman–Crippen MR) is 153 cm³/mol. The molecule has 2 unspecified atom stereocenters. The fourth-order valence-electron chi connectivity index (χ4n) is 4.35. The SMILES string of the molecule is COc1nc(N)nc2c1ncn2[C@@H]1O[C@H](COP(=O)(N[C@@H](C)C(=O)OCC(C)C)Oc2ccccc2)C(O)[C@@]1(C)N=[N+]=[N-]. The van der Waals surface area contributed by atoms with Gasteiger partial charge in [-0.05, 0) is 37.4 Å². The number of nitrogens with two attached hydrogens (primary N) is 1. The van der Waals surface area contributed by atoms with Gasteiger partial charge in [0.1, 0.15) is 23.4 Å². The largest absolute Gasteiger partial charge is 0.479 e. The Bertz CT molecular complexity index is 1530. The second kappa shape index (κ2) is 13.1. The maximum Gasteiger partial charge on any atom is 0.459 e. The number of nitrogen functional groups attached to an aromatic ring is 1. The molecule has 1 fully saturated rings. The number of carbonyl (C=O) groups excluding carboxylic acids is 1. The number of rotatable bonds is 13. The van der Waals surface area contributed by atoms with Gasteiger partial charge in [-0.3, -0.25) is 13.9 Å². The lowest BCUT2D eigenvalue weighted by molar-refractivity contribution is -0.146. The Morgan fingerprint density at radius 3 is 2.70 bits per heavy atom. The number of ether oxygens (including phenoxy) is 3. The van der Waals surface area contributed by atoms with Crippen molar-refractivity contribution >= 4 is 30.8 Å². The fraction of sp³-hybridized carbons (Fsp3) is 0.520. The highest BCUT2D eigenvalue weighted by Crippen LogP contribution is 2.48. The van der Waals surface area contributed by atoms with E-state index in [2.05, 4.69) is 30.1 Å². The molecule has 1 saturated heterocycles. The summed E-state index contributed by atoms with van der Waals surface area (Å²) in [7, 11) is -2.90. The molecule has 17 nitrogen and oxygen atoms in total. The van der Waals surface area contributed by atoms with Crippen molar-refractivity contribution in [2.24, 2.45) is 11.0 Å². The van der Waals surface area contributed by atoms with E-state index < -0.39 is 50.3 Å². The van der Waals surface area contributed by atoms with Gasteiger partial charge in [0.25, 0.3) is 0 Å². The van der Waals surface area contributed by atoms with E-state index in [0.29, 0.717) is 0 Å². The number of hydrogen-bond donors (Lipinski definition) is 3. The molecule has 3 heterocycles. The molecule has 0 spiro atoms. The molecule has 43 heavy (non-hydrogen) atoms. The van der Waals surface area contributed by atoms with Gasteiger partial charge in [0.05, 0.1) is 32.8 Å². The molecular formula is C25H34N9O8P. The van der Waals surface area contributed by atoms with Gasteiger partial charge in [-0.15, -0.1) is 0 Å². The lowest BCUT2D eigenvalue weighted by atomic mass is 9.93. The number of nitrogens with one attached hydrogen (secondary N) is 1. The van der Waals surface area contributed by atoms with Crippen molar-refractivity contribution in [2.45, 2.75) is 57.7 Å². The van der Waals surface area contributed by atoms with Crippen molar-refractivity contribution in [3.05, 3.63) is 47.1 Å². The van der Waals surface area contributed by atoms with Crippen molar-refractivity contribution < 1.29 is 37.7 Å². The van der Waals surface area contributed by atoms with Crippen LogP contribution in [0.1, 0.15) is 33.9 Å². The highest BCUT2D eigenvalue weighted by Gasteiger charge is 2.55. The van der Waals surface area contributed by atoms with E-state index in [1.54, 1.807) is 30.3 Å². The Morgan fingerprint density at radius 1 is 1.33 bits per heavy atom. The molecule has 232 valence electrons. The summed E-state index contributed by atoms with van der Waals surface area (Å²) >= 11 is 0. The number of benzene rings is 1. The summed E-state index contributed by atoms with van der Waals surface area (Å²) < 4.78 is 43.3. The monoisotopic (exact) mass is 619 g/mol. The molecule has 0 radical (unpaired) electrons. The summed E-state index contributed by atoms with van der Waals surface area (Å²) in [4.78, 5) is 27.9. The van der Waals surface area contributed by atoms with E-state index >= 15 is 0 Å². The van der Waals surface area contributed by atoms with Crippen LogP contribution in [0.25, 0.3) is 21.6 Å². The van der Waals surface area contributed by atoms with Crippen molar-refractivity contribution in [3.8, 4) is 11.6 Å². The topological polar surface area (TPSA) is 231 Å². The van der Waals surface area contributed by atoms with Gasteiger partial charge < -0.3 is 29.6 Å². The van der Waals surface area contributed by atoms with E-state index in [0.717, 1.165) is 0 Å². The summed E-state index contributed by atoms with van der Waals surface area (Å²) in [6, 6.07) is 7.11. The van der Waals surface area contributed by atoms with Gasteiger partial charge in [-0.25, -0.2) is 9.55 Å². The van der Waals surface area contributed by atoms with Crippen LogP contribution in [0.15, 0.2) is 41.8 Å². The van der Waals surface area contributed by atoms with Gasteiger partial charge in [-0.2, -0.15) is 15.1 Å². The second-order valence-electron chi connectivity index (χ2n) is 10.4. The number of hydrogen-bond acceptors (Lipinski definition) is 13. The van der Waals surface area contributed by atoms with E-state index in [4.69, 9.17) is 29.0 Å². The number of imidazole rings is 1. The summed E-state index contributed by atoms with van der Waals surface area (Å²) in [6.45, 7) is 6.35. The molecule has 2 aromatic heterocycles. The summed E-state index contributed by atoms with van der Waals surface area (Å²) in [5.41, 5.74) is 14.0. The van der Waals surface area contributed by atoms with Gasteiger partial charge in [0, 0.05) is 4.91 Å². The average Bonchev–Trinajstić information content (AvgIpc) is 3.48. The van der Waals surface area contributed by atoms with Crippen LogP contribution in [0.2, 0.25) is 0 Å². The molecule has 0 bridgehead atoms. The molecule has 4 rings (SSSR count). The number of aliphatic hydroxyl groups excluding tert-OH is 1. The number of anilines is 1. The predicted octanol–water partition coefficient (Wildman–Crippen LogP) is 3.13. The molecule has 3 aromatic rings. The normalized spacial score (nSPS) is 23.8. The molecule has 1 aromatic carbocycles. The maximum absolute atomic E-state index is 13.9. The maximum atomic E-state index is 13.9. The number of methoxy groups -OCH3 is 1. The molecule has 0 aliphatic carbocycles. The first-order valence-electron chi connectivity index (χ1n) is 13.3. The van der Waals surface area contributed by atoms with E-state index in [-0.39, 0.29) is 41.3 Å². The van der Waals surface area contributed by atoms with E-state index in [1.807, 2.05) is 13.8 Å². The first kappa shape index (κ1) is 31.9. The van der Waals surface area contributed by atoms with Crippen LogP contribution in [0.5, 0.6) is 11.6 Å². The zero-order valence-corrected chi connectivity index (χ0v) is 25.1. The zero-order valence-electron chi connectivity index (χ0n) is 24.2. The molecule has 0 saturated carbocycles. The summed E-state index contributed by atoms with van der Waals surface area (Å²) in [5, 5.41) is 17.7. The zero-order chi connectivity index (χ0) is 31.4. The molecule has 4 N–H and O–H groups in total. The van der Waals surface area contributed by atoms with Crippen LogP contribution in [0.4, 0.5) is 5.95 Å². The van der Waals surface area contributed by atoms with Gasteiger partial charge >= 0.3 is 13.7 Å². The third-order valence-corrected chi connectivity index (χ3v) is 8.15. The third kappa shape index (κ3) is 6.99. The number of esters is 1. The first-order valence-corrected chi connectivity index (χ1v) is 14.8. The van der Waals surface area contributed by atoms with Crippen LogP contribution < -0.4 is 20.1 Å². The Morgan fingerprint density at radius 2 is 2.05 bits per heavy atom. The van der Waals surface area contributed by atoms with Crippen LogP contribution in [0, 0.1) is 5.92 Å². The standard InChI is InChI=1S/C25H34N9O8P/c1-14(2)11-39-22(36)15(3)31-43(37,42-16-9-7-6-8-10-16)40-12-17-19(35)25(4,32-33-27)23(41-17)34-13-28-18-20(34)29-24(26)30-21(18)38-5/h6-10,13-15,17,19,23,35H,11-12H2,1-5H3,(H,31,37)(H2,26,29,30)/t15-,17+,19?,23+,25+,43?/m0/s1. The number of aromatic nitrogens is 4. The Labute approximate surface area is 246 Å².